The molecule has 130 valence electrons. The second-order valence-corrected chi connectivity index (χ2v) is 6.15. The van der Waals surface area contributed by atoms with Crippen molar-refractivity contribution < 1.29 is 9.52 Å². The van der Waals surface area contributed by atoms with Gasteiger partial charge in [0.2, 0.25) is 0 Å². The first kappa shape index (κ1) is 16.1. The number of hydrogen-bond acceptors (Lipinski definition) is 4. The SMILES string of the molecule is CCn1c(=O)c2c(O)c(Cc3ccccc3)c(=O)oc2c2ccccc21. The monoisotopic (exact) mass is 347 g/mol. The van der Waals surface area contributed by atoms with E-state index in [2.05, 4.69) is 0 Å². The van der Waals surface area contributed by atoms with Gasteiger partial charge in [-0.15, -0.1) is 0 Å². The third kappa shape index (κ3) is 2.40. The zero-order valence-electron chi connectivity index (χ0n) is 14.2. The van der Waals surface area contributed by atoms with Crippen LogP contribution in [0.25, 0.3) is 21.9 Å². The van der Waals surface area contributed by atoms with Crippen LogP contribution in [0.5, 0.6) is 5.75 Å². The molecule has 0 radical (unpaired) electrons. The molecule has 2 aromatic heterocycles. The van der Waals surface area contributed by atoms with Crippen LogP contribution >= 0.6 is 0 Å². The minimum Gasteiger partial charge on any atom is -0.506 e. The van der Waals surface area contributed by atoms with Crippen LogP contribution in [-0.4, -0.2) is 9.67 Å². The molecule has 0 aliphatic carbocycles. The first-order chi connectivity index (χ1) is 12.6. The molecular weight excluding hydrogens is 330 g/mol. The Kier molecular flexibility index (Phi) is 3.84. The number of nitrogens with zero attached hydrogens (tertiary/aromatic N) is 1. The van der Waals surface area contributed by atoms with E-state index >= 15 is 0 Å². The van der Waals surface area contributed by atoms with Crippen LogP contribution in [-0.2, 0) is 13.0 Å². The lowest BCUT2D eigenvalue weighted by Gasteiger charge is -2.12. The number of hydrogen-bond donors (Lipinski definition) is 1. The Hall–Kier alpha value is -3.34. The van der Waals surface area contributed by atoms with E-state index in [0.29, 0.717) is 17.4 Å². The predicted molar refractivity (Wildman–Crippen MR) is 101 cm³/mol. The molecule has 0 bridgehead atoms. The maximum Gasteiger partial charge on any atom is 0.343 e. The number of aryl methyl sites for hydroxylation is 1. The zero-order valence-corrected chi connectivity index (χ0v) is 14.2. The lowest BCUT2D eigenvalue weighted by Crippen LogP contribution is -2.22. The summed E-state index contributed by atoms with van der Waals surface area (Å²) in [5.74, 6) is -0.293. The number of pyridine rings is 1. The molecule has 26 heavy (non-hydrogen) atoms. The lowest BCUT2D eigenvalue weighted by atomic mass is 10.0. The highest BCUT2D eigenvalue weighted by molar-refractivity contribution is 6.04. The standard InChI is InChI=1S/C21H17NO4/c1-2-22-16-11-7-6-10-14(16)19-17(20(22)24)18(23)15(21(25)26-19)12-13-8-4-3-5-9-13/h3-11,23H,2,12H2,1H3. The average Bonchev–Trinajstić information content (AvgIpc) is 2.66. The summed E-state index contributed by atoms with van der Waals surface area (Å²) >= 11 is 0. The van der Waals surface area contributed by atoms with Crippen LogP contribution in [0.1, 0.15) is 18.1 Å². The molecule has 4 rings (SSSR count). The van der Waals surface area contributed by atoms with E-state index in [9.17, 15) is 14.7 Å². The van der Waals surface area contributed by atoms with Crippen LogP contribution in [0.4, 0.5) is 0 Å². The van der Waals surface area contributed by atoms with E-state index in [-0.39, 0.29) is 34.3 Å². The van der Waals surface area contributed by atoms with Crippen molar-refractivity contribution in [2.75, 3.05) is 0 Å². The molecule has 0 aliphatic rings. The number of benzene rings is 2. The van der Waals surface area contributed by atoms with E-state index in [0.717, 1.165) is 5.56 Å². The van der Waals surface area contributed by atoms with Crippen LogP contribution in [0, 0.1) is 0 Å². The lowest BCUT2D eigenvalue weighted by molar-refractivity contribution is 0.458. The first-order valence-electron chi connectivity index (χ1n) is 8.46. The summed E-state index contributed by atoms with van der Waals surface area (Å²) < 4.78 is 7.08. The van der Waals surface area contributed by atoms with E-state index < -0.39 is 5.63 Å². The summed E-state index contributed by atoms with van der Waals surface area (Å²) in [7, 11) is 0. The summed E-state index contributed by atoms with van der Waals surface area (Å²) in [4.78, 5) is 25.5. The molecule has 4 aromatic rings. The summed E-state index contributed by atoms with van der Waals surface area (Å²) in [5, 5.41) is 11.5. The van der Waals surface area contributed by atoms with Crippen molar-refractivity contribution in [2.24, 2.45) is 0 Å². The molecule has 0 fully saturated rings. The Morgan fingerprint density at radius 3 is 2.42 bits per heavy atom. The van der Waals surface area contributed by atoms with Crippen molar-refractivity contribution in [1.82, 2.24) is 4.57 Å². The third-order valence-electron chi connectivity index (χ3n) is 4.63. The van der Waals surface area contributed by atoms with Gasteiger partial charge in [-0.2, -0.15) is 0 Å². The van der Waals surface area contributed by atoms with Gasteiger partial charge in [0.15, 0.2) is 5.58 Å². The van der Waals surface area contributed by atoms with Gasteiger partial charge >= 0.3 is 5.63 Å². The van der Waals surface area contributed by atoms with Gasteiger partial charge in [-0.25, -0.2) is 4.79 Å². The molecule has 2 heterocycles. The van der Waals surface area contributed by atoms with Crippen molar-refractivity contribution in [1.29, 1.82) is 0 Å². The normalized spacial score (nSPS) is 11.3. The Bertz CT molecular complexity index is 1240. The van der Waals surface area contributed by atoms with Gasteiger partial charge in [0.25, 0.3) is 5.56 Å². The molecule has 0 aliphatic heterocycles. The highest BCUT2D eigenvalue weighted by Crippen LogP contribution is 2.30. The minimum absolute atomic E-state index is 0.0519. The molecule has 0 atom stereocenters. The van der Waals surface area contributed by atoms with Crippen molar-refractivity contribution in [2.45, 2.75) is 19.9 Å². The second kappa shape index (κ2) is 6.19. The molecule has 0 amide bonds. The Balaban J connectivity index is 2.10. The zero-order chi connectivity index (χ0) is 18.3. The summed E-state index contributed by atoms with van der Waals surface area (Å²) in [5.41, 5.74) is 0.764. The van der Waals surface area contributed by atoms with Crippen molar-refractivity contribution in [3.05, 3.63) is 86.5 Å². The van der Waals surface area contributed by atoms with Gasteiger partial charge in [0.05, 0.1) is 11.1 Å². The molecule has 5 nitrogen and oxygen atoms in total. The number of fused-ring (bicyclic) bond motifs is 3. The first-order valence-corrected chi connectivity index (χ1v) is 8.46. The van der Waals surface area contributed by atoms with E-state index in [1.165, 1.54) is 0 Å². The van der Waals surface area contributed by atoms with Gasteiger partial charge in [-0.1, -0.05) is 42.5 Å². The molecule has 0 saturated heterocycles. The predicted octanol–water partition coefficient (Wildman–Crippen LogP) is 3.42. The Morgan fingerprint density at radius 2 is 1.69 bits per heavy atom. The third-order valence-corrected chi connectivity index (χ3v) is 4.63. The van der Waals surface area contributed by atoms with Crippen LogP contribution in [0.3, 0.4) is 0 Å². The molecule has 0 unspecified atom stereocenters. The average molecular weight is 347 g/mol. The summed E-state index contributed by atoms with van der Waals surface area (Å²) in [6, 6.07) is 16.5. The Labute approximate surface area is 148 Å². The van der Waals surface area contributed by atoms with Crippen LogP contribution < -0.4 is 11.2 Å². The van der Waals surface area contributed by atoms with Gasteiger partial charge in [-0.3, -0.25) is 4.79 Å². The highest BCUT2D eigenvalue weighted by atomic mass is 16.4. The molecule has 0 spiro atoms. The van der Waals surface area contributed by atoms with E-state index in [4.69, 9.17) is 4.42 Å². The number of para-hydroxylation sites is 1. The number of aromatic nitrogens is 1. The largest absolute Gasteiger partial charge is 0.506 e. The van der Waals surface area contributed by atoms with Crippen molar-refractivity contribution >= 4 is 21.9 Å². The van der Waals surface area contributed by atoms with Crippen molar-refractivity contribution in [3.8, 4) is 5.75 Å². The second-order valence-electron chi connectivity index (χ2n) is 6.15. The maximum absolute atomic E-state index is 13.0. The van der Waals surface area contributed by atoms with Gasteiger partial charge in [0, 0.05) is 18.4 Å². The molecule has 5 heteroatoms. The number of aromatic hydroxyl groups is 1. The van der Waals surface area contributed by atoms with Gasteiger partial charge in [-0.05, 0) is 24.6 Å². The maximum atomic E-state index is 13.0. The number of rotatable bonds is 3. The van der Waals surface area contributed by atoms with Crippen LogP contribution in [0.2, 0.25) is 0 Å². The van der Waals surface area contributed by atoms with Crippen LogP contribution in [0.15, 0.2) is 68.6 Å². The molecular formula is C21H17NO4. The fourth-order valence-electron chi connectivity index (χ4n) is 3.36. The quantitative estimate of drug-likeness (QED) is 0.576. The van der Waals surface area contributed by atoms with Gasteiger partial charge < -0.3 is 14.1 Å². The molecule has 1 N–H and O–H groups in total. The van der Waals surface area contributed by atoms with Gasteiger partial charge in [0.1, 0.15) is 11.1 Å². The topological polar surface area (TPSA) is 72.4 Å². The highest BCUT2D eigenvalue weighted by Gasteiger charge is 2.21. The summed E-state index contributed by atoms with van der Waals surface area (Å²) in [6.07, 6.45) is 0.198. The van der Waals surface area contributed by atoms with E-state index in [1.54, 1.807) is 22.8 Å². The fraction of sp³-hybridized carbons (Fsp3) is 0.143. The molecule has 2 aromatic carbocycles. The smallest absolute Gasteiger partial charge is 0.343 e. The minimum atomic E-state index is -0.627. The fourth-order valence-corrected chi connectivity index (χ4v) is 3.36. The summed E-state index contributed by atoms with van der Waals surface area (Å²) in [6.45, 7) is 2.31. The van der Waals surface area contributed by atoms with E-state index in [1.807, 2.05) is 43.3 Å². The Morgan fingerprint density at radius 1 is 1.00 bits per heavy atom. The molecule has 0 saturated carbocycles. The van der Waals surface area contributed by atoms with Crippen molar-refractivity contribution in [3.63, 3.8) is 0 Å².